The van der Waals surface area contributed by atoms with Gasteiger partial charge < -0.3 is 14.6 Å². The zero-order chi connectivity index (χ0) is 11.8. The van der Waals surface area contributed by atoms with Gasteiger partial charge in [0.15, 0.2) is 11.5 Å². The molecular formula is C12H14O4. The predicted octanol–water partition coefficient (Wildman–Crippen LogP) is 2.21. The van der Waals surface area contributed by atoms with Crippen molar-refractivity contribution in [3.8, 4) is 11.5 Å². The highest BCUT2D eigenvalue weighted by molar-refractivity contribution is 5.70. The molecule has 0 saturated heterocycles. The van der Waals surface area contributed by atoms with E-state index >= 15 is 0 Å². The molecule has 0 saturated carbocycles. The molecule has 1 heterocycles. The third-order valence-corrected chi connectivity index (χ3v) is 2.66. The number of hydrogen-bond acceptors (Lipinski definition) is 3. The summed E-state index contributed by atoms with van der Waals surface area (Å²) >= 11 is 0. The standard InChI is InChI=1S/C12H14O4/c1-3-12(2)15-9-5-4-8(7-11(13)14)6-10(9)16-12/h4-6H,3,7H2,1-2H3,(H,13,14). The number of carboxylic acid groups (broad SMARTS) is 1. The summed E-state index contributed by atoms with van der Waals surface area (Å²) in [5, 5.41) is 8.69. The molecule has 1 N–H and O–H groups in total. The summed E-state index contributed by atoms with van der Waals surface area (Å²) in [6, 6.07) is 5.23. The number of carbonyl (C=O) groups is 1. The lowest BCUT2D eigenvalue weighted by atomic mass is 10.1. The van der Waals surface area contributed by atoms with Crippen molar-refractivity contribution in [3.63, 3.8) is 0 Å². The summed E-state index contributed by atoms with van der Waals surface area (Å²) in [5.74, 6) is -0.164. The molecule has 0 bridgehead atoms. The molecule has 2 rings (SSSR count). The Balaban J connectivity index is 2.24. The molecule has 0 aromatic heterocycles. The summed E-state index contributed by atoms with van der Waals surface area (Å²) in [6.45, 7) is 3.84. The Hall–Kier alpha value is -1.71. The minimum atomic E-state index is -0.850. The van der Waals surface area contributed by atoms with E-state index in [0.29, 0.717) is 11.5 Å². The molecule has 86 valence electrons. The molecular weight excluding hydrogens is 208 g/mol. The van der Waals surface area contributed by atoms with E-state index in [-0.39, 0.29) is 6.42 Å². The topological polar surface area (TPSA) is 55.8 Å². The molecule has 0 radical (unpaired) electrons. The molecule has 4 heteroatoms. The van der Waals surface area contributed by atoms with Crippen LogP contribution >= 0.6 is 0 Å². The maximum absolute atomic E-state index is 10.6. The number of aliphatic carboxylic acids is 1. The molecule has 0 spiro atoms. The molecule has 0 aliphatic carbocycles. The predicted molar refractivity (Wildman–Crippen MR) is 57.7 cm³/mol. The average molecular weight is 222 g/mol. The van der Waals surface area contributed by atoms with Gasteiger partial charge in [0, 0.05) is 13.3 Å². The van der Waals surface area contributed by atoms with Crippen LogP contribution in [-0.2, 0) is 11.2 Å². The highest BCUT2D eigenvalue weighted by Gasteiger charge is 2.34. The molecule has 4 nitrogen and oxygen atoms in total. The Morgan fingerprint density at radius 3 is 2.69 bits per heavy atom. The highest BCUT2D eigenvalue weighted by Crippen LogP contribution is 2.40. The van der Waals surface area contributed by atoms with Crippen molar-refractivity contribution >= 4 is 5.97 Å². The van der Waals surface area contributed by atoms with Gasteiger partial charge in [-0.15, -0.1) is 0 Å². The molecule has 1 aliphatic rings. The van der Waals surface area contributed by atoms with E-state index in [1.165, 1.54) is 0 Å². The summed E-state index contributed by atoms with van der Waals surface area (Å²) in [6.07, 6.45) is 0.732. The van der Waals surface area contributed by atoms with Crippen LogP contribution in [0.25, 0.3) is 0 Å². The fourth-order valence-corrected chi connectivity index (χ4v) is 1.63. The Morgan fingerprint density at radius 2 is 2.06 bits per heavy atom. The minimum absolute atomic E-state index is 0.000517. The molecule has 16 heavy (non-hydrogen) atoms. The summed E-state index contributed by atoms with van der Waals surface area (Å²) in [4.78, 5) is 10.6. The van der Waals surface area contributed by atoms with Crippen molar-refractivity contribution in [1.82, 2.24) is 0 Å². The Morgan fingerprint density at radius 1 is 1.38 bits per heavy atom. The first-order valence-corrected chi connectivity index (χ1v) is 5.25. The van der Waals surface area contributed by atoms with Gasteiger partial charge in [0.25, 0.3) is 0 Å². The van der Waals surface area contributed by atoms with Crippen LogP contribution < -0.4 is 9.47 Å². The SMILES string of the molecule is CCC1(C)Oc2ccc(CC(=O)O)cc2O1. The number of hydrogen-bond donors (Lipinski definition) is 1. The van der Waals surface area contributed by atoms with Gasteiger partial charge in [-0.05, 0) is 17.7 Å². The Kier molecular flexibility index (Phi) is 2.50. The van der Waals surface area contributed by atoms with Crippen LogP contribution in [-0.4, -0.2) is 16.9 Å². The second-order valence-electron chi connectivity index (χ2n) is 4.04. The van der Waals surface area contributed by atoms with Crippen molar-refractivity contribution in [1.29, 1.82) is 0 Å². The first-order valence-electron chi connectivity index (χ1n) is 5.25. The van der Waals surface area contributed by atoms with Gasteiger partial charge in [-0.2, -0.15) is 0 Å². The smallest absolute Gasteiger partial charge is 0.307 e. The van der Waals surface area contributed by atoms with Gasteiger partial charge in [0.1, 0.15) is 0 Å². The van der Waals surface area contributed by atoms with Crippen LogP contribution in [0.1, 0.15) is 25.8 Å². The van der Waals surface area contributed by atoms with Crippen molar-refractivity contribution in [3.05, 3.63) is 23.8 Å². The van der Waals surface area contributed by atoms with E-state index in [0.717, 1.165) is 12.0 Å². The van der Waals surface area contributed by atoms with Crippen molar-refractivity contribution in [2.45, 2.75) is 32.5 Å². The van der Waals surface area contributed by atoms with E-state index in [9.17, 15) is 4.79 Å². The van der Waals surface area contributed by atoms with Crippen molar-refractivity contribution < 1.29 is 19.4 Å². The molecule has 1 aromatic carbocycles. The zero-order valence-corrected chi connectivity index (χ0v) is 9.32. The van der Waals surface area contributed by atoms with Crippen molar-refractivity contribution in [2.24, 2.45) is 0 Å². The van der Waals surface area contributed by atoms with E-state index in [1.807, 2.05) is 13.8 Å². The molecule has 0 fully saturated rings. The van der Waals surface area contributed by atoms with Crippen LogP contribution in [0.15, 0.2) is 18.2 Å². The zero-order valence-electron chi connectivity index (χ0n) is 9.32. The average Bonchev–Trinajstić information content (AvgIpc) is 2.54. The number of ether oxygens (including phenoxy) is 2. The number of benzene rings is 1. The fourth-order valence-electron chi connectivity index (χ4n) is 1.63. The quantitative estimate of drug-likeness (QED) is 0.851. The molecule has 1 unspecified atom stereocenters. The van der Waals surface area contributed by atoms with E-state index in [1.54, 1.807) is 18.2 Å². The normalized spacial score (nSPS) is 22.1. The number of fused-ring (bicyclic) bond motifs is 1. The summed E-state index contributed by atoms with van der Waals surface area (Å²) in [5.41, 5.74) is 0.718. The van der Waals surface area contributed by atoms with Gasteiger partial charge >= 0.3 is 5.97 Å². The van der Waals surface area contributed by atoms with Crippen LogP contribution in [0.2, 0.25) is 0 Å². The second kappa shape index (κ2) is 3.70. The molecule has 0 amide bonds. The van der Waals surface area contributed by atoms with Crippen LogP contribution in [0.3, 0.4) is 0 Å². The van der Waals surface area contributed by atoms with Gasteiger partial charge in [-0.1, -0.05) is 13.0 Å². The van der Waals surface area contributed by atoms with Crippen LogP contribution in [0, 0.1) is 0 Å². The third kappa shape index (κ3) is 1.96. The Bertz CT molecular complexity index is 427. The maximum atomic E-state index is 10.6. The maximum Gasteiger partial charge on any atom is 0.307 e. The summed E-state index contributed by atoms with van der Waals surface area (Å²) in [7, 11) is 0. The van der Waals surface area contributed by atoms with E-state index < -0.39 is 11.8 Å². The lowest BCUT2D eigenvalue weighted by Gasteiger charge is -2.20. The van der Waals surface area contributed by atoms with Crippen molar-refractivity contribution in [2.75, 3.05) is 0 Å². The monoisotopic (exact) mass is 222 g/mol. The van der Waals surface area contributed by atoms with Gasteiger partial charge in [-0.3, -0.25) is 4.79 Å². The van der Waals surface area contributed by atoms with Crippen LogP contribution in [0.4, 0.5) is 0 Å². The summed E-state index contributed by atoms with van der Waals surface area (Å²) < 4.78 is 11.3. The Labute approximate surface area is 93.8 Å². The fraction of sp³-hybridized carbons (Fsp3) is 0.417. The van der Waals surface area contributed by atoms with E-state index in [2.05, 4.69) is 0 Å². The lowest BCUT2D eigenvalue weighted by molar-refractivity contribution is -0.136. The molecule has 1 atom stereocenters. The molecule has 1 aromatic rings. The number of carboxylic acids is 1. The lowest BCUT2D eigenvalue weighted by Crippen LogP contribution is -2.33. The largest absolute Gasteiger partial charge is 0.481 e. The number of rotatable bonds is 3. The first kappa shape index (κ1) is 10.8. The minimum Gasteiger partial charge on any atom is -0.481 e. The van der Waals surface area contributed by atoms with Gasteiger partial charge in [-0.25, -0.2) is 0 Å². The van der Waals surface area contributed by atoms with E-state index in [4.69, 9.17) is 14.6 Å². The highest BCUT2D eigenvalue weighted by atomic mass is 16.7. The first-order chi connectivity index (χ1) is 7.52. The van der Waals surface area contributed by atoms with Gasteiger partial charge in [0.2, 0.25) is 5.79 Å². The van der Waals surface area contributed by atoms with Crippen LogP contribution in [0.5, 0.6) is 11.5 Å². The van der Waals surface area contributed by atoms with Gasteiger partial charge in [0.05, 0.1) is 6.42 Å². The molecule has 1 aliphatic heterocycles. The second-order valence-corrected chi connectivity index (χ2v) is 4.04. The third-order valence-electron chi connectivity index (χ3n) is 2.66.